The first-order valence-corrected chi connectivity index (χ1v) is 7.04. The van der Waals surface area contributed by atoms with E-state index in [0.717, 1.165) is 19.4 Å². The molecule has 0 bridgehead atoms. The molecule has 0 aliphatic rings. The van der Waals surface area contributed by atoms with Crippen LogP contribution in [0, 0.1) is 9.39 Å². The lowest BCUT2D eigenvalue weighted by Gasteiger charge is -2.07. The van der Waals surface area contributed by atoms with Crippen molar-refractivity contribution in [1.29, 1.82) is 0 Å². The number of benzene rings is 1. The van der Waals surface area contributed by atoms with Crippen LogP contribution in [0.25, 0.3) is 0 Å². The van der Waals surface area contributed by atoms with Crippen LogP contribution in [0.3, 0.4) is 0 Å². The molecule has 5 heteroatoms. The molecular formula is C13H17FINO2. The molecule has 0 saturated heterocycles. The Morgan fingerprint density at radius 1 is 1.44 bits per heavy atom. The number of amides is 1. The fraction of sp³-hybridized carbons (Fsp3) is 0.462. The zero-order chi connectivity index (χ0) is 13.4. The minimum atomic E-state index is -0.330. The number of hydrogen-bond acceptors (Lipinski definition) is 2. The Hall–Kier alpha value is -0.690. The van der Waals surface area contributed by atoms with Crippen LogP contribution in [-0.2, 0) is 4.74 Å². The van der Waals surface area contributed by atoms with Crippen LogP contribution in [0.2, 0.25) is 0 Å². The van der Waals surface area contributed by atoms with E-state index in [4.69, 9.17) is 4.74 Å². The van der Waals surface area contributed by atoms with Crippen molar-refractivity contribution in [2.45, 2.75) is 19.8 Å². The monoisotopic (exact) mass is 365 g/mol. The third-order valence-electron chi connectivity index (χ3n) is 2.28. The Morgan fingerprint density at radius 2 is 2.22 bits per heavy atom. The number of nitrogens with one attached hydrogen (secondary N) is 1. The molecule has 0 radical (unpaired) electrons. The predicted molar refractivity (Wildman–Crippen MR) is 77.2 cm³/mol. The summed E-state index contributed by atoms with van der Waals surface area (Å²) in [6, 6.07) is 4.14. The number of halogens is 2. The number of ether oxygens (including phenoxy) is 1. The summed E-state index contributed by atoms with van der Waals surface area (Å²) in [6.07, 6.45) is 1.78. The van der Waals surface area contributed by atoms with Gasteiger partial charge in [0.1, 0.15) is 5.82 Å². The first-order valence-electron chi connectivity index (χ1n) is 5.96. The molecule has 0 aliphatic heterocycles. The highest BCUT2D eigenvalue weighted by atomic mass is 127. The van der Waals surface area contributed by atoms with Crippen molar-refractivity contribution in [3.05, 3.63) is 33.1 Å². The van der Waals surface area contributed by atoms with Crippen molar-refractivity contribution in [2.24, 2.45) is 0 Å². The van der Waals surface area contributed by atoms with Gasteiger partial charge in [-0.1, -0.05) is 6.92 Å². The lowest BCUT2D eigenvalue weighted by atomic mass is 10.2. The molecule has 1 rings (SSSR count). The highest BCUT2D eigenvalue weighted by Crippen LogP contribution is 2.13. The van der Waals surface area contributed by atoms with Crippen LogP contribution in [0.15, 0.2) is 18.2 Å². The summed E-state index contributed by atoms with van der Waals surface area (Å²) in [5, 5.41) is 2.79. The topological polar surface area (TPSA) is 38.3 Å². The van der Waals surface area contributed by atoms with E-state index >= 15 is 0 Å². The molecule has 0 atom stereocenters. The molecular weight excluding hydrogens is 348 g/mol. The van der Waals surface area contributed by atoms with Crippen LogP contribution in [-0.4, -0.2) is 25.7 Å². The van der Waals surface area contributed by atoms with Gasteiger partial charge in [-0.25, -0.2) is 4.39 Å². The second-order valence-electron chi connectivity index (χ2n) is 3.85. The second-order valence-corrected chi connectivity index (χ2v) is 5.01. The maximum Gasteiger partial charge on any atom is 0.252 e. The number of rotatable bonds is 7. The zero-order valence-corrected chi connectivity index (χ0v) is 12.5. The molecule has 0 unspecified atom stereocenters. The Kier molecular flexibility index (Phi) is 7.19. The van der Waals surface area contributed by atoms with Crippen molar-refractivity contribution in [3.8, 4) is 0 Å². The molecule has 0 aromatic heterocycles. The Labute approximate surface area is 120 Å². The van der Waals surface area contributed by atoms with Gasteiger partial charge in [-0.15, -0.1) is 0 Å². The fourth-order valence-electron chi connectivity index (χ4n) is 1.39. The third kappa shape index (κ3) is 5.30. The second kappa shape index (κ2) is 8.42. The molecule has 3 nitrogen and oxygen atoms in total. The third-order valence-corrected chi connectivity index (χ3v) is 3.17. The molecule has 1 amide bonds. The summed E-state index contributed by atoms with van der Waals surface area (Å²) in [5.74, 6) is -0.501. The van der Waals surface area contributed by atoms with Gasteiger partial charge in [0, 0.05) is 23.3 Å². The van der Waals surface area contributed by atoms with Crippen molar-refractivity contribution >= 4 is 28.5 Å². The maximum absolute atomic E-state index is 12.9. The summed E-state index contributed by atoms with van der Waals surface area (Å²) in [5.41, 5.74) is 0.506. The van der Waals surface area contributed by atoms with Crippen LogP contribution >= 0.6 is 22.6 Å². The van der Waals surface area contributed by atoms with Gasteiger partial charge < -0.3 is 10.1 Å². The van der Waals surface area contributed by atoms with Crippen LogP contribution in [0.1, 0.15) is 30.1 Å². The van der Waals surface area contributed by atoms with E-state index in [1.54, 1.807) is 0 Å². The van der Waals surface area contributed by atoms with Gasteiger partial charge in [-0.05, 0) is 53.6 Å². The highest BCUT2D eigenvalue weighted by molar-refractivity contribution is 14.1. The molecule has 0 aliphatic carbocycles. The lowest BCUT2D eigenvalue weighted by molar-refractivity contribution is 0.0940. The zero-order valence-electron chi connectivity index (χ0n) is 10.3. The average molecular weight is 365 g/mol. The summed E-state index contributed by atoms with van der Waals surface area (Å²) in [4.78, 5) is 11.8. The van der Waals surface area contributed by atoms with Crippen molar-refractivity contribution in [1.82, 2.24) is 5.32 Å². The van der Waals surface area contributed by atoms with Crippen molar-refractivity contribution in [3.63, 3.8) is 0 Å². The Bertz CT molecular complexity index is 399. The molecule has 0 saturated carbocycles. The van der Waals surface area contributed by atoms with Gasteiger partial charge in [-0.2, -0.15) is 0 Å². The summed E-state index contributed by atoms with van der Waals surface area (Å²) in [6.45, 7) is 4.02. The minimum Gasteiger partial charge on any atom is -0.381 e. The molecule has 0 fully saturated rings. The Balaban J connectivity index is 2.32. The standard InChI is InChI=1S/C13H17FINO2/c1-2-7-18-8-3-6-16-13(17)11-5-4-10(14)9-12(11)15/h4-5,9H,2-3,6-8H2,1H3,(H,16,17). The van der Waals surface area contributed by atoms with E-state index in [0.29, 0.717) is 22.3 Å². The first kappa shape index (κ1) is 15.4. The van der Waals surface area contributed by atoms with E-state index < -0.39 is 0 Å². The normalized spacial score (nSPS) is 10.4. The Morgan fingerprint density at radius 3 is 2.89 bits per heavy atom. The SMILES string of the molecule is CCCOCCCNC(=O)c1ccc(F)cc1I. The number of hydrogen-bond donors (Lipinski definition) is 1. The largest absolute Gasteiger partial charge is 0.381 e. The van der Waals surface area contributed by atoms with E-state index in [1.807, 2.05) is 22.6 Å². The van der Waals surface area contributed by atoms with Crippen molar-refractivity contribution in [2.75, 3.05) is 19.8 Å². The quantitative estimate of drug-likeness (QED) is 0.596. The molecule has 1 aromatic rings. The van der Waals surface area contributed by atoms with Crippen LogP contribution in [0.4, 0.5) is 4.39 Å². The number of carbonyl (C=O) groups is 1. The summed E-state index contributed by atoms with van der Waals surface area (Å²) >= 11 is 1.96. The molecule has 1 N–H and O–H groups in total. The van der Waals surface area contributed by atoms with Gasteiger partial charge in [0.2, 0.25) is 0 Å². The number of carbonyl (C=O) groups excluding carboxylic acids is 1. The van der Waals surface area contributed by atoms with E-state index in [1.165, 1.54) is 18.2 Å². The van der Waals surface area contributed by atoms with E-state index in [2.05, 4.69) is 12.2 Å². The molecule has 0 heterocycles. The van der Waals surface area contributed by atoms with Crippen molar-refractivity contribution < 1.29 is 13.9 Å². The molecule has 1 aromatic carbocycles. The maximum atomic E-state index is 12.9. The summed E-state index contributed by atoms with van der Waals surface area (Å²) < 4.78 is 18.8. The van der Waals surface area contributed by atoms with Crippen LogP contribution in [0.5, 0.6) is 0 Å². The first-order chi connectivity index (χ1) is 8.65. The smallest absolute Gasteiger partial charge is 0.252 e. The highest BCUT2D eigenvalue weighted by Gasteiger charge is 2.09. The lowest BCUT2D eigenvalue weighted by Crippen LogP contribution is -2.26. The van der Waals surface area contributed by atoms with Gasteiger partial charge in [0.25, 0.3) is 5.91 Å². The molecule has 0 spiro atoms. The van der Waals surface area contributed by atoms with Gasteiger partial charge in [-0.3, -0.25) is 4.79 Å². The van der Waals surface area contributed by atoms with Crippen LogP contribution < -0.4 is 5.32 Å². The van der Waals surface area contributed by atoms with Gasteiger partial charge >= 0.3 is 0 Å². The molecule has 18 heavy (non-hydrogen) atoms. The van der Waals surface area contributed by atoms with Gasteiger partial charge in [0.05, 0.1) is 5.56 Å². The fourth-order valence-corrected chi connectivity index (χ4v) is 2.11. The minimum absolute atomic E-state index is 0.171. The van der Waals surface area contributed by atoms with E-state index in [9.17, 15) is 9.18 Å². The van der Waals surface area contributed by atoms with Gasteiger partial charge in [0.15, 0.2) is 0 Å². The molecule has 100 valence electrons. The predicted octanol–water partition coefficient (Wildman–Crippen LogP) is 2.98. The van der Waals surface area contributed by atoms with E-state index in [-0.39, 0.29) is 11.7 Å². The summed E-state index contributed by atoms with van der Waals surface area (Å²) in [7, 11) is 0. The average Bonchev–Trinajstić information content (AvgIpc) is 2.33.